The molecule has 0 fully saturated rings. The van der Waals surface area contributed by atoms with Crippen LogP contribution in [0.4, 0.5) is 0 Å². The third kappa shape index (κ3) is 4.19. The Hall–Kier alpha value is -2.67. The largest absolute Gasteiger partial charge is 0.333 e. The van der Waals surface area contributed by atoms with E-state index in [1.807, 2.05) is 36.4 Å². The van der Waals surface area contributed by atoms with E-state index in [1.165, 1.54) is 28.6 Å². The molecule has 0 aliphatic carbocycles. The van der Waals surface area contributed by atoms with Gasteiger partial charge in [0, 0.05) is 24.9 Å². The number of carbonyl (C=O) groups is 2. The van der Waals surface area contributed by atoms with Gasteiger partial charge in [0.15, 0.2) is 14.6 Å². The van der Waals surface area contributed by atoms with Gasteiger partial charge >= 0.3 is 0 Å². The molecule has 2 heterocycles. The quantitative estimate of drug-likeness (QED) is 0.426. The summed E-state index contributed by atoms with van der Waals surface area (Å²) in [6, 6.07) is 11.4. The summed E-state index contributed by atoms with van der Waals surface area (Å²) < 4.78 is 22.3. The SMILES string of the molecule is C[C@@](CCN1Cc2cc(C#Cc3ccccc3)sc2C1=O)(C(=O)NO)S(C)(=O)=O. The Morgan fingerprint density at radius 3 is 2.59 bits per heavy atom. The average molecular weight is 433 g/mol. The van der Waals surface area contributed by atoms with Crippen LogP contribution in [0, 0.1) is 11.8 Å². The van der Waals surface area contributed by atoms with Gasteiger partial charge in [-0.1, -0.05) is 30.0 Å². The van der Waals surface area contributed by atoms with Crippen molar-refractivity contribution >= 4 is 33.0 Å². The van der Waals surface area contributed by atoms with E-state index < -0.39 is 20.5 Å². The maximum atomic E-state index is 12.7. The van der Waals surface area contributed by atoms with Crippen LogP contribution < -0.4 is 5.48 Å². The Balaban J connectivity index is 1.71. The van der Waals surface area contributed by atoms with E-state index in [1.54, 1.807) is 0 Å². The molecule has 0 saturated heterocycles. The van der Waals surface area contributed by atoms with Crippen molar-refractivity contribution in [2.24, 2.45) is 0 Å². The summed E-state index contributed by atoms with van der Waals surface area (Å²) >= 11 is 1.30. The number of nitrogens with one attached hydrogen (secondary N) is 1. The molecule has 2 N–H and O–H groups in total. The number of benzene rings is 1. The highest BCUT2D eigenvalue weighted by molar-refractivity contribution is 7.92. The van der Waals surface area contributed by atoms with E-state index in [4.69, 9.17) is 5.21 Å². The van der Waals surface area contributed by atoms with Crippen molar-refractivity contribution in [3.8, 4) is 11.8 Å². The van der Waals surface area contributed by atoms with Crippen molar-refractivity contribution in [2.75, 3.05) is 12.8 Å². The zero-order valence-corrected chi connectivity index (χ0v) is 17.6. The summed E-state index contributed by atoms with van der Waals surface area (Å²) in [7, 11) is -3.81. The van der Waals surface area contributed by atoms with Crippen molar-refractivity contribution < 1.29 is 23.2 Å². The molecule has 0 saturated carbocycles. The molecule has 1 aliphatic rings. The molecule has 0 radical (unpaired) electrons. The van der Waals surface area contributed by atoms with Crippen molar-refractivity contribution in [1.29, 1.82) is 0 Å². The van der Waals surface area contributed by atoms with Crippen LogP contribution in [0.15, 0.2) is 36.4 Å². The van der Waals surface area contributed by atoms with Crippen LogP contribution in [0.1, 0.15) is 39.0 Å². The van der Waals surface area contributed by atoms with Crippen LogP contribution in [0.25, 0.3) is 0 Å². The summed E-state index contributed by atoms with van der Waals surface area (Å²) in [5.41, 5.74) is 3.13. The Bertz CT molecular complexity index is 1110. The van der Waals surface area contributed by atoms with Gasteiger partial charge in [-0.15, -0.1) is 11.3 Å². The van der Waals surface area contributed by atoms with Crippen molar-refractivity contribution in [2.45, 2.75) is 24.6 Å². The fourth-order valence-electron chi connectivity index (χ4n) is 2.98. The first kappa shape index (κ1) is 21.0. The third-order valence-electron chi connectivity index (χ3n) is 5.01. The number of carbonyl (C=O) groups excluding carboxylic acids is 2. The molecule has 1 aliphatic heterocycles. The minimum absolute atomic E-state index is 0.0717. The molecule has 1 atom stereocenters. The van der Waals surface area contributed by atoms with Crippen LogP contribution in [0.5, 0.6) is 0 Å². The molecule has 9 heteroatoms. The van der Waals surface area contributed by atoms with Gasteiger partial charge in [-0.2, -0.15) is 0 Å². The highest BCUT2D eigenvalue weighted by atomic mass is 32.2. The lowest BCUT2D eigenvalue weighted by Crippen LogP contribution is -2.50. The first-order valence-electron chi connectivity index (χ1n) is 8.79. The molecule has 0 spiro atoms. The molecular formula is C20H20N2O5S2. The van der Waals surface area contributed by atoms with Crippen molar-refractivity contribution in [3.05, 3.63) is 57.3 Å². The topological polar surface area (TPSA) is 104 Å². The maximum Gasteiger partial charge on any atom is 0.264 e. The van der Waals surface area contributed by atoms with Crippen LogP contribution in [-0.2, 0) is 21.2 Å². The molecule has 1 aromatic carbocycles. The van der Waals surface area contributed by atoms with Gasteiger partial charge in [0.2, 0.25) is 0 Å². The molecule has 2 aromatic rings. The number of thiophene rings is 1. The summed E-state index contributed by atoms with van der Waals surface area (Å²) in [5, 5.41) is 8.89. The molecular weight excluding hydrogens is 412 g/mol. The second kappa shape index (κ2) is 7.99. The first-order valence-corrected chi connectivity index (χ1v) is 11.5. The lowest BCUT2D eigenvalue weighted by Gasteiger charge is -2.27. The minimum atomic E-state index is -3.81. The van der Waals surface area contributed by atoms with Gasteiger partial charge in [0.1, 0.15) is 0 Å². The monoisotopic (exact) mass is 432 g/mol. The normalized spacial score (nSPS) is 15.3. The van der Waals surface area contributed by atoms with Crippen LogP contribution in [0.3, 0.4) is 0 Å². The summed E-state index contributed by atoms with van der Waals surface area (Å²) in [6.07, 6.45) is 0.808. The smallest absolute Gasteiger partial charge is 0.264 e. The van der Waals surface area contributed by atoms with Crippen LogP contribution in [-0.4, -0.2) is 47.9 Å². The molecule has 3 rings (SSSR count). The van der Waals surface area contributed by atoms with E-state index in [9.17, 15) is 18.0 Å². The standard InChI is InChI=1S/C20H20N2O5S2/c1-20(19(24)21-25,29(2,26)27)10-11-22-13-15-12-16(28-17(15)18(22)23)9-8-14-6-4-3-5-7-14/h3-7,12,25H,10-11,13H2,1-2H3,(H,21,24)/t20-/m1/s1. The van der Waals surface area contributed by atoms with Gasteiger partial charge in [0.05, 0.1) is 9.75 Å². The predicted octanol–water partition coefficient (Wildman–Crippen LogP) is 1.80. The summed E-state index contributed by atoms with van der Waals surface area (Å²) in [6.45, 7) is 1.64. The van der Waals surface area contributed by atoms with Crippen molar-refractivity contribution in [3.63, 3.8) is 0 Å². The molecule has 7 nitrogen and oxygen atoms in total. The Kier molecular flexibility index (Phi) is 5.80. The van der Waals surface area contributed by atoms with Gasteiger partial charge in [-0.25, -0.2) is 13.9 Å². The van der Waals surface area contributed by atoms with E-state index >= 15 is 0 Å². The van der Waals surface area contributed by atoms with Gasteiger partial charge in [-0.3, -0.25) is 14.8 Å². The van der Waals surface area contributed by atoms with Gasteiger partial charge < -0.3 is 4.90 Å². The predicted molar refractivity (Wildman–Crippen MR) is 109 cm³/mol. The third-order valence-corrected chi connectivity index (χ3v) is 8.12. The lowest BCUT2D eigenvalue weighted by molar-refractivity contribution is -0.131. The summed E-state index contributed by atoms with van der Waals surface area (Å²) in [5.74, 6) is 4.90. The highest BCUT2D eigenvalue weighted by Gasteiger charge is 2.44. The fourth-order valence-corrected chi connectivity index (χ4v) is 4.82. The number of fused-ring (bicyclic) bond motifs is 1. The maximum absolute atomic E-state index is 12.7. The van der Waals surface area contributed by atoms with E-state index in [-0.39, 0.29) is 18.9 Å². The molecule has 0 unspecified atom stereocenters. The number of hydroxylamine groups is 1. The van der Waals surface area contributed by atoms with Gasteiger partial charge in [-0.05, 0) is 37.1 Å². The summed E-state index contributed by atoms with van der Waals surface area (Å²) in [4.78, 5) is 27.5. The molecule has 0 bridgehead atoms. The Morgan fingerprint density at radius 1 is 1.31 bits per heavy atom. The highest BCUT2D eigenvalue weighted by Crippen LogP contribution is 2.32. The number of amides is 2. The average Bonchev–Trinajstić information content (AvgIpc) is 3.22. The minimum Gasteiger partial charge on any atom is -0.333 e. The second-order valence-electron chi connectivity index (χ2n) is 7.00. The number of rotatable bonds is 5. The molecule has 152 valence electrons. The molecule has 29 heavy (non-hydrogen) atoms. The fraction of sp³-hybridized carbons (Fsp3) is 0.300. The lowest BCUT2D eigenvalue weighted by atomic mass is 10.1. The first-order chi connectivity index (χ1) is 13.7. The van der Waals surface area contributed by atoms with E-state index in [2.05, 4.69) is 11.8 Å². The Morgan fingerprint density at radius 2 is 2.00 bits per heavy atom. The van der Waals surface area contributed by atoms with E-state index in [0.29, 0.717) is 11.4 Å². The van der Waals surface area contributed by atoms with Gasteiger partial charge in [0.25, 0.3) is 11.8 Å². The van der Waals surface area contributed by atoms with Crippen molar-refractivity contribution in [1.82, 2.24) is 10.4 Å². The molecule has 2 amide bonds. The number of sulfone groups is 1. The number of hydrogen-bond acceptors (Lipinski definition) is 6. The van der Waals surface area contributed by atoms with E-state index in [0.717, 1.165) is 22.3 Å². The zero-order valence-electron chi connectivity index (χ0n) is 15.9. The van der Waals surface area contributed by atoms with Crippen LogP contribution >= 0.6 is 11.3 Å². The molecule has 1 aromatic heterocycles. The zero-order chi connectivity index (χ0) is 21.2. The Labute approximate surface area is 173 Å². The van der Waals surface area contributed by atoms with Crippen LogP contribution in [0.2, 0.25) is 0 Å². The number of nitrogens with zero attached hydrogens (tertiary/aromatic N) is 1. The number of hydrogen-bond donors (Lipinski definition) is 2. The second-order valence-corrected chi connectivity index (χ2v) is 10.5.